The number of carbonyl (C=O) groups excluding carboxylic acids is 1. The van der Waals surface area contributed by atoms with E-state index in [0.29, 0.717) is 28.2 Å². The summed E-state index contributed by atoms with van der Waals surface area (Å²) in [6, 6.07) is 4.10. The number of hydrogen-bond donors (Lipinski definition) is 0. The highest BCUT2D eigenvalue weighted by molar-refractivity contribution is 7.13. The average molecular weight is 230 g/mol. The lowest BCUT2D eigenvalue weighted by Gasteiger charge is -2.28. The Balaban J connectivity index is 2.68. The van der Waals surface area contributed by atoms with E-state index in [2.05, 4.69) is 6.07 Å². The van der Waals surface area contributed by atoms with E-state index in [0.717, 1.165) is 16.9 Å². The van der Waals surface area contributed by atoms with Crippen molar-refractivity contribution in [1.29, 1.82) is 10.5 Å². The third-order valence-corrected chi connectivity index (χ3v) is 3.82. The Labute approximate surface area is 97.9 Å². The summed E-state index contributed by atoms with van der Waals surface area (Å²) in [5.74, 6) is 0.000509. The van der Waals surface area contributed by atoms with Crippen molar-refractivity contribution in [2.75, 3.05) is 0 Å². The first-order valence-corrected chi connectivity index (χ1v) is 5.79. The molecule has 0 atom stereocenters. The standard InChI is InChI=1S/C12H10N2OS/c1-12(2)3-7-9(5-13)16-10(6-14)11(7)8(15)4-12/h3-4H2,1-2H3. The number of nitriles is 2. The third kappa shape index (κ3) is 1.52. The summed E-state index contributed by atoms with van der Waals surface area (Å²) in [7, 11) is 0. The van der Waals surface area contributed by atoms with Crippen LogP contribution in [0.1, 0.15) is 45.9 Å². The lowest BCUT2D eigenvalue weighted by atomic mass is 9.74. The first kappa shape index (κ1) is 10.9. The van der Waals surface area contributed by atoms with Gasteiger partial charge < -0.3 is 0 Å². The van der Waals surface area contributed by atoms with E-state index in [1.165, 1.54) is 0 Å². The smallest absolute Gasteiger partial charge is 0.165 e. The predicted molar refractivity (Wildman–Crippen MR) is 60.2 cm³/mol. The van der Waals surface area contributed by atoms with Crippen LogP contribution in [0.3, 0.4) is 0 Å². The van der Waals surface area contributed by atoms with Gasteiger partial charge in [0.2, 0.25) is 0 Å². The van der Waals surface area contributed by atoms with Gasteiger partial charge in [0.1, 0.15) is 21.9 Å². The van der Waals surface area contributed by atoms with Gasteiger partial charge in [0.05, 0.1) is 5.56 Å². The molecule has 80 valence electrons. The topological polar surface area (TPSA) is 64.7 Å². The maximum absolute atomic E-state index is 12.0. The van der Waals surface area contributed by atoms with Crippen molar-refractivity contribution in [2.24, 2.45) is 5.41 Å². The largest absolute Gasteiger partial charge is 0.294 e. The van der Waals surface area contributed by atoms with Gasteiger partial charge in [-0.3, -0.25) is 4.79 Å². The molecule has 2 rings (SSSR count). The molecule has 0 radical (unpaired) electrons. The van der Waals surface area contributed by atoms with Crippen LogP contribution in [0.25, 0.3) is 0 Å². The number of nitrogens with zero attached hydrogens (tertiary/aromatic N) is 2. The fraction of sp³-hybridized carbons (Fsp3) is 0.417. The van der Waals surface area contributed by atoms with Crippen molar-refractivity contribution >= 4 is 17.1 Å². The lowest BCUT2D eigenvalue weighted by molar-refractivity contribution is 0.0913. The normalized spacial score (nSPS) is 17.4. The van der Waals surface area contributed by atoms with Crippen LogP contribution in [0.15, 0.2) is 0 Å². The molecule has 1 aliphatic rings. The highest BCUT2D eigenvalue weighted by Gasteiger charge is 2.36. The van der Waals surface area contributed by atoms with Gasteiger partial charge in [-0.05, 0) is 17.4 Å². The monoisotopic (exact) mass is 230 g/mol. The second-order valence-corrected chi connectivity index (χ2v) is 5.80. The first-order valence-electron chi connectivity index (χ1n) is 4.97. The molecule has 0 bridgehead atoms. The van der Waals surface area contributed by atoms with Gasteiger partial charge in [-0.25, -0.2) is 0 Å². The van der Waals surface area contributed by atoms with Crippen LogP contribution in [-0.2, 0) is 6.42 Å². The van der Waals surface area contributed by atoms with Gasteiger partial charge in [-0.1, -0.05) is 13.8 Å². The van der Waals surface area contributed by atoms with Crippen LogP contribution in [0.4, 0.5) is 0 Å². The Morgan fingerprint density at radius 1 is 1.19 bits per heavy atom. The van der Waals surface area contributed by atoms with Crippen molar-refractivity contribution in [3.8, 4) is 12.1 Å². The Morgan fingerprint density at radius 2 is 1.81 bits per heavy atom. The summed E-state index contributed by atoms with van der Waals surface area (Å²) in [5.41, 5.74) is 1.18. The first-order chi connectivity index (χ1) is 7.48. The van der Waals surface area contributed by atoms with Gasteiger partial charge >= 0.3 is 0 Å². The molecule has 1 aromatic heterocycles. The predicted octanol–water partition coefficient (Wildman–Crippen LogP) is 2.65. The van der Waals surface area contributed by atoms with E-state index in [4.69, 9.17) is 10.5 Å². The molecule has 0 aromatic carbocycles. The molecule has 1 heterocycles. The molecule has 0 saturated carbocycles. The van der Waals surface area contributed by atoms with Crippen molar-refractivity contribution < 1.29 is 4.79 Å². The van der Waals surface area contributed by atoms with Crippen molar-refractivity contribution in [3.63, 3.8) is 0 Å². The van der Waals surface area contributed by atoms with Gasteiger partial charge in [0.15, 0.2) is 5.78 Å². The number of thiophene rings is 1. The minimum atomic E-state index is -0.108. The van der Waals surface area contributed by atoms with E-state index < -0.39 is 0 Å². The molecule has 0 N–H and O–H groups in total. The Bertz CT molecular complexity index is 555. The van der Waals surface area contributed by atoms with Crippen LogP contribution in [0, 0.1) is 28.1 Å². The maximum Gasteiger partial charge on any atom is 0.165 e. The molecule has 16 heavy (non-hydrogen) atoms. The quantitative estimate of drug-likeness (QED) is 0.688. The number of fused-ring (bicyclic) bond motifs is 1. The lowest BCUT2D eigenvalue weighted by Crippen LogP contribution is -2.26. The average Bonchev–Trinajstić information content (AvgIpc) is 2.54. The zero-order valence-electron chi connectivity index (χ0n) is 9.13. The summed E-state index contributed by atoms with van der Waals surface area (Å²) >= 11 is 1.14. The van der Waals surface area contributed by atoms with Crippen molar-refractivity contribution in [3.05, 3.63) is 20.9 Å². The van der Waals surface area contributed by atoms with E-state index in [9.17, 15) is 4.79 Å². The maximum atomic E-state index is 12.0. The number of hydrogen-bond acceptors (Lipinski definition) is 4. The summed E-state index contributed by atoms with van der Waals surface area (Å²) in [5, 5.41) is 17.9. The molecule has 3 nitrogen and oxygen atoms in total. The molecular weight excluding hydrogens is 220 g/mol. The fourth-order valence-electron chi connectivity index (χ4n) is 2.16. The highest BCUT2D eigenvalue weighted by atomic mass is 32.1. The van der Waals surface area contributed by atoms with Crippen LogP contribution in [0.5, 0.6) is 0 Å². The summed E-state index contributed by atoms with van der Waals surface area (Å²) < 4.78 is 0. The van der Waals surface area contributed by atoms with E-state index >= 15 is 0 Å². The second-order valence-electron chi connectivity index (χ2n) is 4.78. The number of carbonyl (C=O) groups is 1. The van der Waals surface area contributed by atoms with Gasteiger partial charge in [-0.15, -0.1) is 11.3 Å². The second kappa shape index (κ2) is 3.43. The third-order valence-electron chi connectivity index (χ3n) is 2.78. The minimum Gasteiger partial charge on any atom is -0.294 e. The van der Waals surface area contributed by atoms with Crippen LogP contribution < -0.4 is 0 Å². The van der Waals surface area contributed by atoms with E-state index in [-0.39, 0.29) is 11.2 Å². The summed E-state index contributed by atoms with van der Waals surface area (Å²) in [4.78, 5) is 12.9. The number of ketones is 1. The Kier molecular flexibility index (Phi) is 2.33. The molecule has 0 amide bonds. The van der Waals surface area contributed by atoms with Crippen molar-refractivity contribution in [2.45, 2.75) is 26.7 Å². The zero-order valence-corrected chi connectivity index (χ0v) is 9.94. The van der Waals surface area contributed by atoms with Crippen molar-refractivity contribution in [1.82, 2.24) is 0 Å². The molecule has 0 unspecified atom stereocenters. The summed E-state index contributed by atoms with van der Waals surface area (Å²) in [6.07, 6.45) is 1.16. The van der Waals surface area contributed by atoms with Crippen LogP contribution in [-0.4, -0.2) is 5.78 Å². The fourth-order valence-corrected chi connectivity index (χ4v) is 3.09. The van der Waals surface area contributed by atoms with Gasteiger partial charge in [0.25, 0.3) is 0 Å². The molecule has 0 aliphatic heterocycles. The zero-order chi connectivity index (χ0) is 11.9. The molecule has 0 saturated heterocycles. The molecule has 4 heteroatoms. The number of Topliss-reactive ketones (excluding diaryl/α,β-unsaturated/α-hetero) is 1. The molecule has 1 aliphatic carbocycles. The molecule has 1 aromatic rings. The van der Waals surface area contributed by atoms with Gasteiger partial charge in [0, 0.05) is 6.42 Å². The van der Waals surface area contributed by atoms with E-state index in [1.54, 1.807) is 0 Å². The van der Waals surface area contributed by atoms with Crippen LogP contribution >= 0.6 is 11.3 Å². The number of rotatable bonds is 0. The highest BCUT2D eigenvalue weighted by Crippen LogP contribution is 2.40. The minimum absolute atomic E-state index is 0.000509. The molecular formula is C12H10N2OS. The molecule has 0 fully saturated rings. The Morgan fingerprint density at radius 3 is 2.38 bits per heavy atom. The SMILES string of the molecule is CC1(C)CC(=O)c2c(C#N)sc(C#N)c2C1. The van der Waals surface area contributed by atoms with Crippen LogP contribution in [0.2, 0.25) is 0 Å². The van der Waals surface area contributed by atoms with E-state index in [1.807, 2.05) is 19.9 Å². The summed E-state index contributed by atoms with van der Waals surface area (Å²) in [6.45, 7) is 4.03. The molecule has 0 spiro atoms. The van der Waals surface area contributed by atoms with Gasteiger partial charge in [-0.2, -0.15) is 10.5 Å². The Hall–Kier alpha value is -1.65.